The summed E-state index contributed by atoms with van der Waals surface area (Å²) in [5, 5.41) is 18.3. The molecule has 21 heavy (non-hydrogen) atoms. The molecule has 3 aromatic rings. The number of hydrogen-bond donors (Lipinski definition) is 1. The third-order valence-electron chi connectivity index (χ3n) is 2.42. The summed E-state index contributed by atoms with van der Waals surface area (Å²) in [6.07, 6.45) is -0.0540. The quantitative estimate of drug-likeness (QED) is 0.690. The SMILES string of the molecule is O=C(O)Cc1csc(SCc2noc(-c3ccsc3)n2)n1. The molecular weight excluding hydrogens is 330 g/mol. The molecule has 6 nitrogen and oxygen atoms in total. The summed E-state index contributed by atoms with van der Waals surface area (Å²) in [4.78, 5) is 19.2. The van der Waals surface area contributed by atoms with E-state index in [-0.39, 0.29) is 6.42 Å². The van der Waals surface area contributed by atoms with Gasteiger partial charge in [0.25, 0.3) is 5.89 Å². The van der Waals surface area contributed by atoms with Gasteiger partial charge in [-0.15, -0.1) is 11.3 Å². The number of aliphatic carboxylic acids is 1. The lowest BCUT2D eigenvalue weighted by molar-refractivity contribution is -0.136. The van der Waals surface area contributed by atoms with Crippen LogP contribution in [0.15, 0.2) is 31.1 Å². The van der Waals surface area contributed by atoms with Gasteiger partial charge in [-0.3, -0.25) is 4.79 Å². The van der Waals surface area contributed by atoms with Gasteiger partial charge >= 0.3 is 5.97 Å². The van der Waals surface area contributed by atoms with E-state index in [4.69, 9.17) is 9.63 Å². The Balaban J connectivity index is 1.60. The highest BCUT2D eigenvalue weighted by Crippen LogP contribution is 2.27. The van der Waals surface area contributed by atoms with Crippen molar-refractivity contribution in [3.05, 3.63) is 33.7 Å². The molecule has 0 aromatic carbocycles. The number of carboxylic acids is 1. The number of carboxylic acid groups (broad SMARTS) is 1. The fourth-order valence-electron chi connectivity index (χ4n) is 1.53. The first-order valence-electron chi connectivity index (χ1n) is 5.85. The molecule has 3 aromatic heterocycles. The van der Waals surface area contributed by atoms with Crippen LogP contribution in [0.5, 0.6) is 0 Å². The van der Waals surface area contributed by atoms with E-state index in [1.165, 1.54) is 23.1 Å². The summed E-state index contributed by atoms with van der Waals surface area (Å²) in [6, 6.07) is 1.92. The summed E-state index contributed by atoms with van der Waals surface area (Å²) >= 11 is 4.46. The van der Waals surface area contributed by atoms with E-state index in [1.54, 1.807) is 16.7 Å². The maximum absolute atomic E-state index is 10.6. The molecule has 0 bridgehead atoms. The van der Waals surface area contributed by atoms with Crippen LogP contribution in [0.2, 0.25) is 0 Å². The maximum atomic E-state index is 10.6. The minimum atomic E-state index is -0.879. The first-order valence-corrected chi connectivity index (χ1v) is 8.65. The molecule has 108 valence electrons. The van der Waals surface area contributed by atoms with Crippen molar-refractivity contribution >= 4 is 40.4 Å². The molecule has 3 rings (SSSR count). The molecule has 0 fully saturated rings. The van der Waals surface area contributed by atoms with Crippen LogP contribution in [0.1, 0.15) is 11.5 Å². The highest BCUT2D eigenvalue weighted by atomic mass is 32.2. The predicted octanol–water partition coefficient (Wildman–Crippen LogP) is 3.17. The number of thiophene rings is 1. The molecule has 3 heterocycles. The average molecular weight is 339 g/mol. The van der Waals surface area contributed by atoms with Gasteiger partial charge in [-0.2, -0.15) is 16.3 Å². The number of thioether (sulfide) groups is 1. The number of nitrogens with zero attached hydrogens (tertiary/aromatic N) is 3. The molecule has 0 atom stereocenters. The number of aromatic nitrogens is 3. The Bertz CT molecular complexity index is 736. The van der Waals surface area contributed by atoms with Crippen molar-refractivity contribution in [3.63, 3.8) is 0 Å². The van der Waals surface area contributed by atoms with Crippen molar-refractivity contribution in [3.8, 4) is 11.5 Å². The first-order chi connectivity index (χ1) is 10.2. The van der Waals surface area contributed by atoms with Crippen LogP contribution in [0.3, 0.4) is 0 Å². The Morgan fingerprint density at radius 3 is 3.05 bits per heavy atom. The third-order valence-corrected chi connectivity index (χ3v) is 5.17. The average Bonchev–Trinajstić information content (AvgIpc) is 3.17. The number of hydrogen-bond acceptors (Lipinski definition) is 8. The molecule has 0 aliphatic heterocycles. The summed E-state index contributed by atoms with van der Waals surface area (Å²) in [5.41, 5.74) is 1.49. The van der Waals surface area contributed by atoms with Gasteiger partial charge in [0.1, 0.15) is 0 Å². The molecule has 1 N–H and O–H groups in total. The Kier molecular flexibility index (Phi) is 4.32. The molecular formula is C12H9N3O3S3. The van der Waals surface area contributed by atoms with Gasteiger partial charge in [-0.1, -0.05) is 16.9 Å². The monoisotopic (exact) mass is 339 g/mol. The molecule has 0 aliphatic carbocycles. The van der Waals surface area contributed by atoms with Gasteiger partial charge in [-0.25, -0.2) is 4.98 Å². The van der Waals surface area contributed by atoms with E-state index >= 15 is 0 Å². The minimum Gasteiger partial charge on any atom is -0.481 e. The number of thiazole rings is 1. The highest BCUT2D eigenvalue weighted by Gasteiger charge is 2.11. The van der Waals surface area contributed by atoms with Crippen molar-refractivity contribution in [2.75, 3.05) is 0 Å². The van der Waals surface area contributed by atoms with Crippen LogP contribution in [-0.2, 0) is 17.0 Å². The molecule has 0 saturated heterocycles. The summed E-state index contributed by atoms with van der Waals surface area (Å²) in [7, 11) is 0. The van der Waals surface area contributed by atoms with E-state index in [2.05, 4.69) is 15.1 Å². The zero-order valence-corrected chi connectivity index (χ0v) is 13.0. The second-order valence-corrected chi connectivity index (χ2v) is 6.85. The van der Waals surface area contributed by atoms with E-state index in [0.717, 1.165) is 9.90 Å². The second-order valence-electron chi connectivity index (χ2n) is 3.99. The van der Waals surface area contributed by atoms with Crippen molar-refractivity contribution in [1.82, 2.24) is 15.1 Å². The van der Waals surface area contributed by atoms with Crippen LogP contribution in [0.25, 0.3) is 11.5 Å². The largest absolute Gasteiger partial charge is 0.481 e. The zero-order valence-electron chi connectivity index (χ0n) is 10.6. The Morgan fingerprint density at radius 1 is 1.38 bits per heavy atom. The van der Waals surface area contributed by atoms with Crippen molar-refractivity contribution in [2.45, 2.75) is 16.5 Å². The Labute approximate surface area is 131 Å². The van der Waals surface area contributed by atoms with Crippen molar-refractivity contribution in [1.29, 1.82) is 0 Å². The van der Waals surface area contributed by atoms with Crippen LogP contribution in [0, 0.1) is 0 Å². The van der Waals surface area contributed by atoms with Crippen molar-refractivity contribution < 1.29 is 14.4 Å². The minimum absolute atomic E-state index is 0.0540. The van der Waals surface area contributed by atoms with Crippen LogP contribution in [0.4, 0.5) is 0 Å². The predicted molar refractivity (Wildman–Crippen MR) is 80.6 cm³/mol. The van der Waals surface area contributed by atoms with Crippen LogP contribution in [-0.4, -0.2) is 26.2 Å². The normalized spacial score (nSPS) is 10.9. The van der Waals surface area contributed by atoms with E-state index < -0.39 is 5.97 Å². The molecule has 0 spiro atoms. The van der Waals surface area contributed by atoms with E-state index in [0.29, 0.717) is 23.2 Å². The third kappa shape index (κ3) is 3.69. The lowest BCUT2D eigenvalue weighted by Crippen LogP contribution is -1.99. The standard InChI is InChI=1S/C12H9N3O3S3/c16-10(17)3-8-5-20-12(13-8)21-6-9-14-11(18-15-9)7-1-2-19-4-7/h1-2,4-5H,3,6H2,(H,16,17). The van der Waals surface area contributed by atoms with Crippen LogP contribution < -0.4 is 0 Å². The molecule has 0 saturated carbocycles. The molecule has 0 amide bonds. The lowest BCUT2D eigenvalue weighted by Gasteiger charge is -1.91. The lowest BCUT2D eigenvalue weighted by atomic mass is 10.3. The Hall–Kier alpha value is -1.71. The topological polar surface area (TPSA) is 89.1 Å². The van der Waals surface area contributed by atoms with Gasteiger partial charge in [0.15, 0.2) is 10.2 Å². The van der Waals surface area contributed by atoms with E-state index in [9.17, 15) is 4.79 Å². The van der Waals surface area contributed by atoms with Gasteiger partial charge in [0.2, 0.25) is 0 Å². The Morgan fingerprint density at radius 2 is 2.29 bits per heavy atom. The first kappa shape index (κ1) is 14.2. The summed E-state index contributed by atoms with van der Waals surface area (Å²) < 4.78 is 5.99. The summed E-state index contributed by atoms with van der Waals surface area (Å²) in [5.74, 6) is 0.761. The van der Waals surface area contributed by atoms with Gasteiger partial charge in [0, 0.05) is 10.8 Å². The van der Waals surface area contributed by atoms with Gasteiger partial charge in [0.05, 0.1) is 23.4 Å². The highest BCUT2D eigenvalue weighted by molar-refractivity contribution is 8.00. The van der Waals surface area contributed by atoms with E-state index in [1.807, 2.05) is 16.8 Å². The molecule has 9 heteroatoms. The maximum Gasteiger partial charge on any atom is 0.309 e. The van der Waals surface area contributed by atoms with Crippen LogP contribution >= 0.6 is 34.4 Å². The molecule has 0 radical (unpaired) electrons. The van der Waals surface area contributed by atoms with Gasteiger partial charge < -0.3 is 9.63 Å². The molecule has 0 unspecified atom stereocenters. The summed E-state index contributed by atoms with van der Waals surface area (Å²) in [6.45, 7) is 0. The smallest absolute Gasteiger partial charge is 0.309 e. The fourth-order valence-corrected chi connectivity index (χ4v) is 3.85. The number of rotatable bonds is 6. The second kappa shape index (κ2) is 6.37. The molecule has 0 aliphatic rings. The fraction of sp³-hybridized carbons (Fsp3) is 0.167. The zero-order chi connectivity index (χ0) is 14.7. The van der Waals surface area contributed by atoms with Gasteiger partial charge in [-0.05, 0) is 11.4 Å². The van der Waals surface area contributed by atoms with Crippen molar-refractivity contribution in [2.24, 2.45) is 0 Å². The number of carbonyl (C=O) groups is 1.